The fourth-order valence-corrected chi connectivity index (χ4v) is 0.557. The van der Waals surface area contributed by atoms with E-state index in [2.05, 4.69) is 6.92 Å². The van der Waals surface area contributed by atoms with Crippen molar-refractivity contribution in [1.29, 1.82) is 0 Å². The monoisotopic (exact) mass is 127 g/mol. The lowest BCUT2D eigenvalue weighted by atomic mass is 10.2. The van der Waals surface area contributed by atoms with Crippen LogP contribution in [0, 0.1) is 6.92 Å². The second-order valence-electron chi connectivity index (χ2n) is 1.68. The molecule has 51 valence electrons. The molecular formula is C7H11O2. The van der Waals surface area contributed by atoms with E-state index in [1.54, 1.807) is 6.08 Å². The minimum atomic E-state index is -0.832. The number of rotatable bonds is 3. The number of allylic oxidation sites excluding steroid dienone is 1. The highest BCUT2D eigenvalue weighted by Gasteiger charge is 2.00. The minimum Gasteiger partial charge on any atom is -0.478 e. The normalized spacial score (nSPS) is 11.6. The lowest BCUT2D eigenvalue weighted by Gasteiger charge is -1.93. The Morgan fingerprint density at radius 1 is 1.78 bits per heavy atom. The van der Waals surface area contributed by atoms with E-state index in [9.17, 15) is 4.79 Å². The van der Waals surface area contributed by atoms with Gasteiger partial charge >= 0.3 is 5.97 Å². The van der Waals surface area contributed by atoms with Crippen molar-refractivity contribution < 1.29 is 9.90 Å². The van der Waals surface area contributed by atoms with Crippen LogP contribution in [-0.2, 0) is 4.79 Å². The Morgan fingerprint density at radius 3 is 2.44 bits per heavy atom. The molecule has 0 saturated carbocycles. The van der Waals surface area contributed by atoms with Crippen molar-refractivity contribution in [2.24, 2.45) is 0 Å². The van der Waals surface area contributed by atoms with E-state index in [0.29, 0.717) is 18.4 Å². The Labute approximate surface area is 55.2 Å². The van der Waals surface area contributed by atoms with Gasteiger partial charge < -0.3 is 5.11 Å². The number of hydrogen-bond acceptors (Lipinski definition) is 1. The fraction of sp³-hybridized carbons (Fsp3) is 0.429. The zero-order valence-electron chi connectivity index (χ0n) is 5.55. The molecule has 9 heavy (non-hydrogen) atoms. The summed E-state index contributed by atoms with van der Waals surface area (Å²) in [6, 6.07) is 0. The molecule has 0 saturated heterocycles. The van der Waals surface area contributed by atoms with Gasteiger partial charge in [0.1, 0.15) is 0 Å². The number of carboxylic acids is 1. The summed E-state index contributed by atoms with van der Waals surface area (Å²) in [5.41, 5.74) is 0.449. The van der Waals surface area contributed by atoms with Crippen LogP contribution in [0.4, 0.5) is 0 Å². The van der Waals surface area contributed by atoms with Crippen molar-refractivity contribution >= 4 is 5.97 Å². The van der Waals surface area contributed by atoms with Gasteiger partial charge in [0.15, 0.2) is 0 Å². The molecule has 0 fully saturated rings. The van der Waals surface area contributed by atoms with E-state index in [4.69, 9.17) is 5.11 Å². The summed E-state index contributed by atoms with van der Waals surface area (Å²) in [6.07, 6.45) is 2.75. The summed E-state index contributed by atoms with van der Waals surface area (Å²) in [6.45, 7) is 5.33. The maximum atomic E-state index is 10.2. The first kappa shape index (κ1) is 8.21. The number of carbonyl (C=O) groups is 1. The minimum absolute atomic E-state index is 0.449. The van der Waals surface area contributed by atoms with Crippen LogP contribution in [0.5, 0.6) is 0 Å². The number of carboxylic acid groups (broad SMARTS) is 1. The van der Waals surface area contributed by atoms with Crippen LogP contribution in [0.2, 0.25) is 0 Å². The summed E-state index contributed by atoms with van der Waals surface area (Å²) >= 11 is 0. The Bertz CT molecular complexity index is 125. The van der Waals surface area contributed by atoms with Gasteiger partial charge in [-0.1, -0.05) is 13.0 Å². The maximum Gasteiger partial charge on any atom is 0.331 e. The van der Waals surface area contributed by atoms with Gasteiger partial charge in [-0.05, 0) is 19.8 Å². The Kier molecular flexibility index (Phi) is 3.76. The van der Waals surface area contributed by atoms with Crippen LogP contribution in [0.15, 0.2) is 11.6 Å². The highest BCUT2D eigenvalue weighted by atomic mass is 16.4. The molecule has 0 bridgehead atoms. The van der Waals surface area contributed by atoms with Crippen LogP contribution < -0.4 is 0 Å². The molecule has 0 aromatic rings. The highest BCUT2D eigenvalue weighted by molar-refractivity contribution is 5.86. The molecule has 2 heteroatoms. The van der Waals surface area contributed by atoms with E-state index in [1.807, 2.05) is 6.92 Å². The molecule has 0 aliphatic rings. The summed E-state index contributed by atoms with van der Waals surface area (Å²) in [5.74, 6) is -0.832. The molecular weight excluding hydrogens is 116 g/mol. The van der Waals surface area contributed by atoms with Crippen LogP contribution in [0.1, 0.15) is 19.8 Å². The van der Waals surface area contributed by atoms with Gasteiger partial charge in [0, 0.05) is 5.57 Å². The first-order valence-corrected chi connectivity index (χ1v) is 2.94. The highest BCUT2D eigenvalue weighted by Crippen LogP contribution is 2.00. The molecule has 0 aliphatic carbocycles. The van der Waals surface area contributed by atoms with E-state index < -0.39 is 5.97 Å². The molecule has 0 aromatic carbocycles. The predicted octanol–water partition coefficient (Wildman–Crippen LogP) is 1.63. The largest absolute Gasteiger partial charge is 0.478 e. The molecule has 0 heterocycles. The fourth-order valence-electron chi connectivity index (χ4n) is 0.557. The quantitative estimate of drug-likeness (QED) is 0.585. The third-order valence-electron chi connectivity index (χ3n) is 1.05. The second-order valence-corrected chi connectivity index (χ2v) is 1.68. The molecule has 0 atom stereocenters. The van der Waals surface area contributed by atoms with Crippen molar-refractivity contribution in [2.75, 3.05) is 0 Å². The van der Waals surface area contributed by atoms with Gasteiger partial charge in [0.25, 0.3) is 0 Å². The molecule has 0 amide bonds. The van der Waals surface area contributed by atoms with Gasteiger partial charge in [-0.3, -0.25) is 0 Å². The maximum absolute atomic E-state index is 10.2. The topological polar surface area (TPSA) is 37.3 Å². The first-order valence-electron chi connectivity index (χ1n) is 2.94. The average molecular weight is 127 g/mol. The first-order chi connectivity index (χ1) is 4.22. The van der Waals surface area contributed by atoms with Crippen LogP contribution in [0.3, 0.4) is 0 Å². The van der Waals surface area contributed by atoms with Crippen molar-refractivity contribution in [3.63, 3.8) is 0 Å². The van der Waals surface area contributed by atoms with Crippen LogP contribution in [0.25, 0.3) is 0 Å². The predicted molar refractivity (Wildman–Crippen MR) is 36.0 cm³/mol. The molecule has 1 N–H and O–H groups in total. The Morgan fingerprint density at radius 2 is 2.33 bits per heavy atom. The molecule has 2 nitrogen and oxygen atoms in total. The van der Waals surface area contributed by atoms with E-state index in [1.165, 1.54) is 0 Å². The third kappa shape index (κ3) is 2.90. The number of hydrogen-bond donors (Lipinski definition) is 1. The van der Waals surface area contributed by atoms with E-state index in [0.717, 1.165) is 0 Å². The van der Waals surface area contributed by atoms with Crippen molar-refractivity contribution in [2.45, 2.75) is 19.8 Å². The lowest BCUT2D eigenvalue weighted by Crippen LogP contribution is -1.98. The zero-order valence-corrected chi connectivity index (χ0v) is 5.55. The Balaban J connectivity index is 3.98. The summed E-state index contributed by atoms with van der Waals surface area (Å²) in [5, 5.41) is 8.41. The molecule has 0 aromatic heterocycles. The van der Waals surface area contributed by atoms with Crippen molar-refractivity contribution in [1.82, 2.24) is 0 Å². The van der Waals surface area contributed by atoms with Crippen LogP contribution >= 0.6 is 0 Å². The molecule has 0 rings (SSSR count). The lowest BCUT2D eigenvalue weighted by molar-refractivity contribution is -0.132. The number of aliphatic carboxylic acids is 1. The summed E-state index contributed by atoms with van der Waals surface area (Å²) in [7, 11) is 0. The smallest absolute Gasteiger partial charge is 0.331 e. The van der Waals surface area contributed by atoms with Gasteiger partial charge in [-0.2, -0.15) is 0 Å². The average Bonchev–Trinajstić information content (AvgIpc) is 1.82. The van der Waals surface area contributed by atoms with Gasteiger partial charge in [0.05, 0.1) is 0 Å². The van der Waals surface area contributed by atoms with Gasteiger partial charge in [-0.25, -0.2) is 4.79 Å². The van der Waals surface area contributed by atoms with E-state index in [-0.39, 0.29) is 0 Å². The molecule has 0 spiro atoms. The van der Waals surface area contributed by atoms with Crippen LogP contribution in [-0.4, -0.2) is 11.1 Å². The summed E-state index contributed by atoms with van der Waals surface area (Å²) in [4.78, 5) is 10.2. The molecule has 0 unspecified atom stereocenters. The SMILES string of the molecule is [CH2]C/C=C(/CC)C(=O)O. The second kappa shape index (κ2) is 4.13. The van der Waals surface area contributed by atoms with Crippen molar-refractivity contribution in [3.8, 4) is 0 Å². The molecule has 1 radical (unpaired) electrons. The van der Waals surface area contributed by atoms with Crippen molar-refractivity contribution in [3.05, 3.63) is 18.6 Å². The standard InChI is InChI=1S/C7H11O2/c1-3-5-6(4-2)7(8)9/h5H,1,3-4H2,2H3,(H,8,9)/b6-5-. The van der Waals surface area contributed by atoms with Gasteiger partial charge in [-0.15, -0.1) is 0 Å². The third-order valence-corrected chi connectivity index (χ3v) is 1.05. The van der Waals surface area contributed by atoms with E-state index >= 15 is 0 Å². The summed E-state index contributed by atoms with van der Waals surface area (Å²) < 4.78 is 0. The molecule has 0 aliphatic heterocycles. The zero-order chi connectivity index (χ0) is 7.28. The Hall–Kier alpha value is -0.790. The van der Waals surface area contributed by atoms with Gasteiger partial charge in [0.2, 0.25) is 0 Å².